The molecule has 1 atom stereocenters. The van der Waals surface area contributed by atoms with Crippen LogP contribution in [0.25, 0.3) is 6.08 Å². The number of methoxy groups -OCH3 is 1. The van der Waals surface area contributed by atoms with Crippen LogP contribution in [0.3, 0.4) is 0 Å². The third-order valence-corrected chi connectivity index (χ3v) is 8.42. The maximum Gasteiger partial charge on any atom is 0.343 e. The van der Waals surface area contributed by atoms with Gasteiger partial charge in [-0.3, -0.25) is 9.36 Å². The summed E-state index contributed by atoms with van der Waals surface area (Å²) in [4.78, 5) is 43.7. The van der Waals surface area contributed by atoms with E-state index in [-0.39, 0.29) is 30.1 Å². The second kappa shape index (κ2) is 13.2. The molecule has 13 heteroatoms. The molecule has 4 rings (SSSR count). The number of aromatic hydroxyl groups is 1. The highest BCUT2D eigenvalue weighted by atomic mass is 127. The minimum Gasteiger partial charge on any atom is -0.506 e. The number of fused-ring (bicyclic) bond motifs is 1. The van der Waals surface area contributed by atoms with Gasteiger partial charge in [-0.1, -0.05) is 17.4 Å². The second-order valence-electron chi connectivity index (χ2n) is 8.64. The van der Waals surface area contributed by atoms with Gasteiger partial charge in [0.1, 0.15) is 5.75 Å². The molecule has 0 aliphatic carbocycles. The van der Waals surface area contributed by atoms with E-state index in [1.807, 2.05) is 22.6 Å². The van der Waals surface area contributed by atoms with Gasteiger partial charge >= 0.3 is 11.9 Å². The first-order valence-corrected chi connectivity index (χ1v) is 15.1. The molecule has 2 aromatic carbocycles. The van der Waals surface area contributed by atoms with E-state index in [1.54, 1.807) is 57.2 Å². The largest absolute Gasteiger partial charge is 0.506 e. The quantitative estimate of drug-likeness (QED) is 0.258. The SMILES string of the molecule is CCOC(=O)C1=C(C)N=c2s/c(=C\c3cc(Br)c(O)c(I)c3)c(=O)n2[C@H]1c1ccc(OCC(=O)OC)c(OCC)c1. The molecule has 0 saturated heterocycles. The Bertz CT molecular complexity index is 1710. The Balaban J connectivity index is 1.91. The first kappa shape index (κ1) is 30.8. The lowest BCUT2D eigenvalue weighted by Gasteiger charge is -2.25. The van der Waals surface area contributed by atoms with Crippen molar-refractivity contribution in [3.8, 4) is 17.2 Å². The van der Waals surface area contributed by atoms with E-state index >= 15 is 0 Å². The number of esters is 2. The van der Waals surface area contributed by atoms with E-state index in [4.69, 9.17) is 14.2 Å². The molecule has 0 saturated carbocycles. The summed E-state index contributed by atoms with van der Waals surface area (Å²) in [7, 11) is 1.26. The standard InChI is InChI=1S/C28H26BrIN2O8S/c1-5-38-20-12-16(7-8-19(20)40-13-22(33)37-4)24-23(27(36)39-6-2)14(3)31-28-32(24)26(35)21(41-28)11-15-9-17(29)25(34)18(30)10-15/h7-12,24,34H,5-6,13H2,1-4H3/b21-11-/t24-/m0/s1. The van der Waals surface area contributed by atoms with Crippen LogP contribution in [0.5, 0.6) is 17.2 Å². The fourth-order valence-electron chi connectivity index (χ4n) is 4.20. The third kappa shape index (κ3) is 6.51. The van der Waals surface area contributed by atoms with E-state index < -0.39 is 18.0 Å². The van der Waals surface area contributed by atoms with Gasteiger partial charge in [-0.25, -0.2) is 14.6 Å². The maximum absolute atomic E-state index is 13.9. The summed E-state index contributed by atoms with van der Waals surface area (Å²) in [6, 6.07) is 7.60. The number of ether oxygens (including phenoxy) is 4. The lowest BCUT2D eigenvalue weighted by Crippen LogP contribution is -2.40. The number of halogens is 2. The molecule has 1 aliphatic rings. The predicted molar refractivity (Wildman–Crippen MR) is 164 cm³/mol. The van der Waals surface area contributed by atoms with Crippen LogP contribution in [-0.4, -0.2) is 48.5 Å². The molecular formula is C28H26BrIN2O8S. The van der Waals surface area contributed by atoms with Gasteiger partial charge in [0, 0.05) is 0 Å². The Morgan fingerprint density at radius 2 is 1.93 bits per heavy atom. The maximum atomic E-state index is 13.9. The number of rotatable bonds is 9. The highest BCUT2D eigenvalue weighted by Gasteiger charge is 2.34. The topological polar surface area (TPSA) is 126 Å². The lowest BCUT2D eigenvalue weighted by atomic mass is 9.95. The zero-order chi connectivity index (χ0) is 29.8. The zero-order valence-electron chi connectivity index (χ0n) is 22.5. The molecule has 0 amide bonds. The monoisotopic (exact) mass is 756 g/mol. The summed E-state index contributed by atoms with van der Waals surface area (Å²) in [5, 5.41) is 10.1. The molecular weight excluding hydrogens is 731 g/mol. The molecule has 2 heterocycles. The Labute approximate surface area is 261 Å². The van der Waals surface area contributed by atoms with Gasteiger partial charge in [0.15, 0.2) is 22.9 Å². The first-order chi connectivity index (χ1) is 19.6. The van der Waals surface area contributed by atoms with Crippen molar-refractivity contribution < 1.29 is 33.6 Å². The Morgan fingerprint density at radius 1 is 1.17 bits per heavy atom. The normalized spacial score (nSPS) is 14.8. The van der Waals surface area contributed by atoms with Crippen LogP contribution in [-0.2, 0) is 19.1 Å². The fourth-order valence-corrected chi connectivity index (χ4v) is 6.75. The van der Waals surface area contributed by atoms with Gasteiger partial charge < -0.3 is 24.1 Å². The summed E-state index contributed by atoms with van der Waals surface area (Å²) in [5.74, 6) is -0.393. The van der Waals surface area contributed by atoms with Crippen molar-refractivity contribution in [1.29, 1.82) is 0 Å². The summed E-state index contributed by atoms with van der Waals surface area (Å²) in [6.45, 7) is 5.34. The molecule has 0 radical (unpaired) electrons. The van der Waals surface area contributed by atoms with Crippen molar-refractivity contribution >= 4 is 67.9 Å². The van der Waals surface area contributed by atoms with Crippen LogP contribution in [0.2, 0.25) is 0 Å². The minimum absolute atomic E-state index is 0.114. The second-order valence-corrected chi connectivity index (χ2v) is 11.7. The third-order valence-electron chi connectivity index (χ3n) is 6.01. The van der Waals surface area contributed by atoms with Crippen molar-refractivity contribution in [2.24, 2.45) is 4.99 Å². The lowest BCUT2D eigenvalue weighted by molar-refractivity contribution is -0.143. The van der Waals surface area contributed by atoms with E-state index in [2.05, 4.69) is 25.7 Å². The van der Waals surface area contributed by atoms with Crippen molar-refractivity contribution in [1.82, 2.24) is 4.57 Å². The molecule has 1 aliphatic heterocycles. The summed E-state index contributed by atoms with van der Waals surface area (Å²) in [5.41, 5.74) is 1.56. The van der Waals surface area contributed by atoms with E-state index in [1.165, 1.54) is 23.0 Å². The molecule has 0 unspecified atom stereocenters. The van der Waals surface area contributed by atoms with Crippen LogP contribution >= 0.6 is 49.9 Å². The van der Waals surface area contributed by atoms with E-state index in [0.717, 1.165) is 0 Å². The van der Waals surface area contributed by atoms with Crippen LogP contribution in [0.1, 0.15) is 37.9 Å². The number of thiazole rings is 1. The first-order valence-electron chi connectivity index (χ1n) is 12.4. The number of hydrogen-bond donors (Lipinski definition) is 1. The van der Waals surface area contributed by atoms with Gasteiger partial charge in [0.25, 0.3) is 5.56 Å². The Morgan fingerprint density at radius 3 is 2.59 bits per heavy atom. The van der Waals surface area contributed by atoms with Crippen LogP contribution in [0.4, 0.5) is 0 Å². The average molecular weight is 757 g/mol. The summed E-state index contributed by atoms with van der Waals surface area (Å²) in [6.07, 6.45) is 1.71. The van der Waals surface area contributed by atoms with Crippen molar-refractivity contribution in [3.05, 3.63) is 80.5 Å². The molecule has 41 heavy (non-hydrogen) atoms. The van der Waals surface area contributed by atoms with Gasteiger partial charge in [0.05, 0.1) is 50.2 Å². The van der Waals surface area contributed by atoms with Crippen molar-refractivity contribution in [2.75, 3.05) is 26.9 Å². The smallest absolute Gasteiger partial charge is 0.343 e. The van der Waals surface area contributed by atoms with Gasteiger partial charge in [-0.15, -0.1) is 0 Å². The van der Waals surface area contributed by atoms with E-state index in [9.17, 15) is 19.5 Å². The molecule has 0 bridgehead atoms. The summed E-state index contributed by atoms with van der Waals surface area (Å²) >= 11 is 6.54. The number of allylic oxidation sites excluding steroid dienone is 1. The fraction of sp³-hybridized carbons (Fsp3) is 0.286. The summed E-state index contributed by atoms with van der Waals surface area (Å²) < 4.78 is 24.4. The number of benzene rings is 2. The zero-order valence-corrected chi connectivity index (χ0v) is 27.1. The predicted octanol–water partition coefficient (Wildman–Crippen LogP) is 3.82. The number of carbonyl (C=O) groups is 2. The molecule has 1 N–H and O–H groups in total. The minimum atomic E-state index is -0.868. The molecule has 0 spiro atoms. The molecule has 216 valence electrons. The average Bonchev–Trinajstić information content (AvgIpc) is 3.24. The number of phenolic OH excluding ortho intramolecular Hbond substituents is 1. The van der Waals surface area contributed by atoms with Gasteiger partial charge in [-0.05, 0) is 101 Å². The van der Waals surface area contributed by atoms with Crippen LogP contribution < -0.4 is 24.4 Å². The Kier molecular flexibility index (Phi) is 9.92. The number of nitrogens with zero attached hydrogens (tertiary/aromatic N) is 2. The van der Waals surface area contributed by atoms with Gasteiger partial charge in [-0.2, -0.15) is 0 Å². The Hall–Kier alpha value is -3.17. The number of carbonyl (C=O) groups excluding carboxylic acids is 2. The molecule has 1 aromatic heterocycles. The molecule has 0 fully saturated rings. The van der Waals surface area contributed by atoms with E-state index in [0.29, 0.717) is 52.3 Å². The highest BCUT2D eigenvalue weighted by Crippen LogP contribution is 2.36. The number of hydrogen-bond acceptors (Lipinski definition) is 10. The molecule has 10 nitrogen and oxygen atoms in total. The van der Waals surface area contributed by atoms with Crippen molar-refractivity contribution in [3.63, 3.8) is 0 Å². The van der Waals surface area contributed by atoms with Crippen LogP contribution in [0, 0.1) is 3.57 Å². The molecule has 3 aromatic rings. The van der Waals surface area contributed by atoms with Crippen LogP contribution in [0.15, 0.2) is 55.9 Å². The number of phenols is 1. The highest BCUT2D eigenvalue weighted by molar-refractivity contribution is 14.1. The number of aromatic nitrogens is 1. The van der Waals surface area contributed by atoms with Crippen molar-refractivity contribution in [2.45, 2.75) is 26.8 Å². The van der Waals surface area contributed by atoms with Gasteiger partial charge in [0.2, 0.25) is 0 Å².